The smallest absolute Gasteiger partial charge is 0.0884 e. The van der Waals surface area contributed by atoms with Crippen LogP contribution < -0.4 is 5.32 Å². The molecule has 0 bridgehead atoms. The highest BCUT2D eigenvalue weighted by Crippen LogP contribution is 2.23. The van der Waals surface area contributed by atoms with E-state index in [2.05, 4.69) is 10.3 Å². The Labute approximate surface area is 55.4 Å². The third-order valence-electron chi connectivity index (χ3n) is 2.24. The van der Waals surface area contributed by atoms with Gasteiger partial charge in [0.2, 0.25) is 0 Å². The molecule has 1 N–H and O–H groups in total. The summed E-state index contributed by atoms with van der Waals surface area (Å²) in [4.78, 5) is 4.40. The fourth-order valence-electron chi connectivity index (χ4n) is 1.72. The fraction of sp³-hybridized carbons (Fsp3) is 0.857. The first kappa shape index (κ1) is 5.42. The standard InChI is InChI=1S/C7H12N2/c1-2-6-4-8-5-9-7(6)3-1/h6,8H,1-5H2. The minimum Gasteiger partial charge on any atom is -0.298 e. The summed E-state index contributed by atoms with van der Waals surface area (Å²) in [6.07, 6.45) is 4.00. The van der Waals surface area contributed by atoms with E-state index in [9.17, 15) is 0 Å². The van der Waals surface area contributed by atoms with Crippen molar-refractivity contribution < 1.29 is 0 Å². The topological polar surface area (TPSA) is 24.4 Å². The molecule has 2 rings (SSSR count). The molecule has 0 aromatic carbocycles. The molecular formula is C7H12N2. The molecule has 1 heterocycles. The summed E-state index contributed by atoms with van der Waals surface area (Å²) in [6.45, 7) is 2.05. The summed E-state index contributed by atoms with van der Waals surface area (Å²) >= 11 is 0. The molecule has 0 saturated heterocycles. The summed E-state index contributed by atoms with van der Waals surface area (Å²) in [5, 5.41) is 3.27. The highest BCUT2D eigenvalue weighted by Gasteiger charge is 2.23. The van der Waals surface area contributed by atoms with Crippen LogP contribution >= 0.6 is 0 Å². The van der Waals surface area contributed by atoms with Gasteiger partial charge in [0, 0.05) is 18.2 Å². The van der Waals surface area contributed by atoms with Gasteiger partial charge in [-0.05, 0) is 19.3 Å². The highest BCUT2D eigenvalue weighted by atomic mass is 15.0. The predicted octanol–water partition coefficient (Wildman–Crippen LogP) is 0.788. The van der Waals surface area contributed by atoms with Crippen LogP contribution in [0.15, 0.2) is 4.99 Å². The van der Waals surface area contributed by atoms with Gasteiger partial charge in [-0.3, -0.25) is 10.3 Å². The largest absolute Gasteiger partial charge is 0.298 e. The van der Waals surface area contributed by atoms with Crippen molar-refractivity contribution in [3.8, 4) is 0 Å². The predicted molar refractivity (Wildman–Crippen MR) is 37.6 cm³/mol. The summed E-state index contributed by atoms with van der Waals surface area (Å²) in [6, 6.07) is 0. The quantitative estimate of drug-likeness (QED) is 0.507. The third-order valence-corrected chi connectivity index (χ3v) is 2.24. The average molecular weight is 124 g/mol. The van der Waals surface area contributed by atoms with Gasteiger partial charge in [-0.15, -0.1) is 0 Å². The lowest BCUT2D eigenvalue weighted by molar-refractivity contribution is 0.557. The molecule has 1 unspecified atom stereocenters. The minimum absolute atomic E-state index is 0.804. The number of fused-ring (bicyclic) bond motifs is 1. The number of rotatable bonds is 0. The maximum absolute atomic E-state index is 4.40. The van der Waals surface area contributed by atoms with Gasteiger partial charge < -0.3 is 0 Å². The normalized spacial score (nSPS) is 33.8. The molecule has 1 aliphatic heterocycles. The first-order chi connectivity index (χ1) is 4.47. The summed E-state index contributed by atoms with van der Waals surface area (Å²) < 4.78 is 0. The molecule has 0 amide bonds. The van der Waals surface area contributed by atoms with Gasteiger partial charge in [0.1, 0.15) is 0 Å². The van der Waals surface area contributed by atoms with E-state index in [1.54, 1.807) is 0 Å². The van der Waals surface area contributed by atoms with Crippen molar-refractivity contribution in [2.75, 3.05) is 13.2 Å². The van der Waals surface area contributed by atoms with Crippen LogP contribution in [0.1, 0.15) is 19.3 Å². The van der Waals surface area contributed by atoms with Crippen LogP contribution in [-0.2, 0) is 0 Å². The molecule has 0 aromatic heterocycles. The monoisotopic (exact) mass is 124 g/mol. The lowest BCUT2D eigenvalue weighted by Gasteiger charge is -2.16. The molecular weight excluding hydrogens is 112 g/mol. The molecule has 1 saturated carbocycles. The maximum Gasteiger partial charge on any atom is 0.0884 e. The second-order valence-electron chi connectivity index (χ2n) is 2.85. The Kier molecular flexibility index (Phi) is 1.27. The fourth-order valence-corrected chi connectivity index (χ4v) is 1.72. The Morgan fingerprint density at radius 2 is 2.56 bits per heavy atom. The molecule has 9 heavy (non-hydrogen) atoms. The van der Waals surface area contributed by atoms with E-state index in [1.165, 1.54) is 31.5 Å². The molecule has 50 valence electrons. The van der Waals surface area contributed by atoms with Gasteiger partial charge in [0.15, 0.2) is 0 Å². The number of hydrogen-bond acceptors (Lipinski definition) is 2. The van der Waals surface area contributed by atoms with Crippen molar-refractivity contribution in [3.63, 3.8) is 0 Å². The third kappa shape index (κ3) is 0.874. The van der Waals surface area contributed by atoms with E-state index in [0.29, 0.717) is 0 Å². The van der Waals surface area contributed by atoms with Crippen LogP contribution in [0.25, 0.3) is 0 Å². The van der Waals surface area contributed by atoms with Crippen molar-refractivity contribution in [2.24, 2.45) is 10.9 Å². The Morgan fingerprint density at radius 1 is 1.56 bits per heavy atom. The Balaban J connectivity index is 2.16. The zero-order chi connectivity index (χ0) is 6.10. The lowest BCUT2D eigenvalue weighted by Crippen LogP contribution is -2.31. The van der Waals surface area contributed by atoms with Crippen molar-refractivity contribution in [3.05, 3.63) is 0 Å². The van der Waals surface area contributed by atoms with Gasteiger partial charge >= 0.3 is 0 Å². The summed E-state index contributed by atoms with van der Waals surface area (Å²) in [5.74, 6) is 0.804. The van der Waals surface area contributed by atoms with Crippen molar-refractivity contribution in [1.29, 1.82) is 0 Å². The van der Waals surface area contributed by atoms with Crippen LogP contribution in [0, 0.1) is 5.92 Å². The number of nitrogens with zero attached hydrogens (tertiary/aromatic N) is 1. The van der Waals surface area contributed by atoms with E-state index < -0.39 is 0 Å². The molecule has 2 nitrogen and oxygen atoms in total. The lowest BCUT2D eigenvalue weighted by atomic mass is 10.1. The number of nitrogens with one attached hydrogen (secondary N) is 1. The summed E-state index contributed by atoms with van der Waals surface area (Å²) in [5.41, 5.74) is 1.48. The molecule has 1 aliphatic carbocycles. The van der Waals surface area contributed by atoms with Gasteiger partial charge in [-0.25, -0.2) is 0 Å². The van der Waals surface area contributed by atoms with Crippen LogP contribution in [0.3, 0.4) is 0 Å². The Hall–Kier alpha value is -0.370. The minimum atomic E-state index is 0.804. The van der Waals surface area contributed by atoms with E-state index in [-0.39, 0.29) is 0 Å². The molecule has 1 fully saturated rings. The summed E-state index contributed by atoms with van der Waals surface area (Å²) in [7, 11) is 0. The van der Waals surface area contributed by atoms with Crippen LogP contribution in [0.2, 0.25) is 0 Å². The Bertz CT molecular complexity index is 140. The SMILES string of the molecule is C1CC2=NCNCC2C1. The van der Waals surface area contributed by atoms with Crippen LogP contribution in [-0.4, -0.2) is 18.9 Å². The molecule has 1 atom stereocenters. The van der Waals surface area contributed by atoms with Gasteiger partial charge in [0.05, 0.1) is 6.67 Å². The van der Waals surface area contributed by atoms with Crippen LogP contribution in [0.5, 0.6) is 0 Å². The molecule has 2 aliphatic rings. The molecule has 2 heteroatoms. The van der Waals surface area contributed by atoms with E-state index >= 15 is 0 Å². The zero-order valence-electron chi connectivity index (χ0n) is 5.56. The first-order valence-electron chi connectivity index (χ1n) is 3.71. The van der Waals surface area contributed by atoms with Crippen molar-refractivity contribution in [2.45, 2.75) is 19.3 Å². The van der Waals surface area contributed by atoms with Crippen molar-refractivity contribution >= 4 is 5.71 Å². The number of aliphatic imine (C=N–C) groups is 1. The Morgan fingerprint density at radius 3 is 3.44 bits per heavy atom. The van der Waals surface area contributed by atoms with Gasteiger partial charge in [-0.1, -0.05) is 0 Å². The van der Waals surface area contributed by atoms with E-state index in [0.717, 1.165) is 12.6 Å². The highest BCUT2D eigenvalue weighted by molar-refractivity contribution is 5.89. The molecule has 0 radical (unpaired) electrons. The van der Waals surface area contributed by atoms with Gasteiger partial charge in [-0.2, -0.15) is 0 Å². The van der Waals surface area contributed by atoms with Gasteiger partial charge in [0.25, 0.3) is 0 Å². The second kappa shape index (κ2) is 2.10. The molecule has 0 aromatic rings. The number of hydrogen-bond donors (Lipinski definition) is 1. The second-order valence-corrected chi connectivity index (χ2v) is 2.85. The van der Waals surface area contributed by atoms with Crippen molar-refractivity contribution in [1.82, 2.24) is 5.32 Å². The van der Waals surface area contributed by atoms with E-state index in [4.69, 9.17) is 0 Å². The maximum atomic E-state index is 4.40. The zero-order valence-corrected chi connectivity index (χ0v) is 5.56. The first-order valence-corrected chi connectivity index (χ1v) is 3.71. The molecule has 0 spiro atoms. The average Bonchev–Trinajstić information content (AvgIpc) is 2.33. The van der Waals surface area contributed by atoms with Crippen LogP contribution in [0.4, 0.5) is 0 Å². The van der Waals surface area contributed by atoms with E-state index in [1.807, 2.05) is 0 Å².